The maximum absolute atomic E-state index is 12.0. The summed E-state index contributed by atoms with van der Waals surface area (Å²) < 4.78 is 59.2. The number of hydrogen-bond acceptors (Lipinski definition) is 2. The van der Waals surface area contributed by atoms with Gasteiger partial charge in [-0.15, -0.1) is 0 Å². The number of halogens is 6. The lowest BCUT2D eigenvalue weighted by Gasteiger charge is -2.20. The van der Waals surface area contributed by atoms with Crippen LogP contribution in [0.3, 0.4) is 0 Å². The Morgan fingerprint density at radius 1 is 1.20 bits per heavy atom. The van der Waals surface area contributed by atoms with Crippen molar-refractivity contribution in [3.63, 3.8) is 0 Å². The summed E-state index contributed by atoms with van der Waals surface area (Å²) in [5.41, 5.74) is -4.29. The molecule has 0 saturated carbocycles. The van der Waals surface area contributed by atoms with Crippen LogP contribution < -0.4 is 0 Å². The molecule has 0 aliphatic carbocycles. The smallest absolute Gasteiger partial charge is 0.296 e. The van der Waals surface area contributed by atoms with Gasteiger partial charge in [0.2, 0.25) is 0 Å². The van der Waals surface area contributed by atoms with Crippen molar-refractivity contribution in [3.8, 4) is 0 Å². The summed E-state index contributed by atoms with van der Waals surface area (Å²) in [5.74, 6) is -0.219. The Labute approximate surface area is 97.5 Å². The van der Waals surface area contributed by atoms with Gasteiger partial charge in [-0.1, -0.05) is 15.9 Å². The van der Waals surface area contributed by atoms with Crippen LogP contribution in [0.15, 0.2) is 0 Å². The standard InChI is InChI=1S/C7H11BrF5NS/c8-1-2-14(5-6(9)10)3-4-15-7(11,12)13/h6H,1-5H2. The number of alkyl halides is 6. The van der Waals surface area contributed by atoms with Crippen molar-refractivity contribution in [1.82, 2.24) is 4.90 Å². The van der Waals surface area contributed by atoms with E-state index in [0.717, 1.165) is 0 Å². The molecule has 0 fully saturated rings. The molecule has 0 bridgehead atoms. The molecule has 0 saturated heterocycles. The van der Waals surface area contributed by atoms with Crippen molar-refractivity contribution in [2.45, 2.75) is 11.9 Å². The van der Waals surface area contributed by atoms with Crippen LogP contribution in [0.1, 0.15) is 0 Å². The van der Waals surface area contributed by atoms with E-state index in [0.29, 0.717) is 11.9 Å². The van der Waals surface area contributed by atoms with Gasteiger partial charge in [0, 0.05) is 24.2 Å². The maximum Gasteiger partial charge on any atom is 0.441 e. The van der Waals surface area contributed by atoms with E-state index in [1.165, 1.54) is 4.90 Å². The SMILES string of the molecule is FC(F)CN(CCBr)CCSC(F)(F)F. The van der Waals surface area contributed by atoms with E-state index in [4.69, 9.17) is 0 Å². The molecule has 0 radical (unpaired) electrons. The second-order valence-electron chi connectivity index (χ2n) is 2.67. The molecule has 0 atom stereocenters. The Morgan fingerprint density at radius 2 is 1.80 bits per heavy atom. The van der Waals surface area contributed by atoms with Gasteiger partial charge in [0.25, 0.3) is 6.43 Å². The second kappa shape index (κ2) is 7.67. The fourth-order valence-corrected chi connectivity index (χ4v) is 1.98. The first kappa shape index (κ1) is 15.4. The summed E-state index contributed by atoms with van der Waals surface area (Å²) in [6.07, 6.45) is -2.51. The number of rotatable bonds is 7. The summed E-state index contributed by atoms with van der Waals surface area (Å²) >= 11 is 2.87. The van der Waals surface area contributed by atoms with Crippen molar-refractivity contribution in [2.75, 3.05) is 30.7 Å². The van der Waals surface area contributed by atoms with Crippen molar-refractivity contribution in [1.29, 1.82) is 0 Å². The third kappa shape index (κ3) is 10.7. The van der Waals surface area contributed by atoms with Crippen LogP contribution in [0.5, 0.6) is 0 Å². The van der Waals surface area contributed by atoms with Crippen molar-refractivity contribution >= 4 is 27.7 Å². The third-order valence-corrected chi connectivity index (χ3v) is 2.54. The molecule has 0 aliphatic heterocycles. The molecule has 0 N–H and O–H groups in total. The van der Waals surface area contributed by atoms with Crippen LogP contribution in [-0.4, -0.2) is 47.6 Å². The predicted octanol–water partition coefficient (Wildman–Crippen LogP) is 3.20. The van der Waals surface area contributed by atoms with Crippen molar-refractivity contribution < 1.29 is 22.0 Å². The van der Waals surface area contributed by atoms with E-state index in [1.807, 2.05) is 0 Å². The summed E-state index contributed by atoms with van der Waals surface area (Å²) in [7, 11) is 0. The fraction of sp³-hybridized carbons (Fsp3) is 1.00. The first-order valence-corrected chi connectivity index (χ1v) is 6.23. The van der Waals surface area contributed by atoms with Crippen LogP contribution in [0.2, 0.25) is 0 Å². The van der Waals surface area contributed by atoms with Gasteiger partial charge in [-0.25, -0.2) is 8.78 Å². The molecule has 8 heteroatoms. The highest BCUT2D eigenvalue weighted by atomic mass is 79.9. The van der Waals surface area contributed by atoms with Crippen molar-refractivity contribution in [2.24, 2.45) is 0 Å². The van der Waals surface area contributed by atoms with Gasteiger partial charge in [0.05, 0.1) is 6.54 Å². The molecule has 0 aromatic rings. The Kier molecular flexibility index (Phi) is 7.90. The Morgan fingerprint density at radius 3 is 2.20 bits per heavy atom. The molecular formula is C7H11BrF5NS. The molecule has 92 valence electrons. The first-order valence-electron chi connectivity index (χ1n) is 4.12. The lowest BCUT2D eigenvalue weighted by Crippen LogP contribution is -2.33. The molecular weight excluding hydrogens is 305 g/mol. The minimum absolute atomic E-state index is 0.0140. The predicted molar refractivity (Wildman–Crippen MR) is 54.8 cm³/mol. The van der Waals surface area contributed by atoms with Gasteiger partial charge in [-0.2, -0.15) is 13.2 Å². The monoisotopic (exact) mass is 315 g/mol. The molecule has 15 heavy (non-hydrogen) atoms. The normalized spacial score (nSPS) is 12.8. The maximum atomic E-state index is 12.0. The van der Waals surface area contributed by atoms with Gasteiger partial charge in [0.1, 0.15) is 0 Å². The zero-order chi connectivity index (χ0) is 11.9. The molecule has 0 rings (SSSR count). The number of nitrogens with zero attached hydrogens (tertiary/aromatic N) is 1. The second-order valence-corrected chi connectivity index (χ2v) is 4.63. The van der Waals surface area contributed by atoms with Gasteiger partial charge in [0.15, 0.2) is 0 Å². The largest absolute Gasteiger partial charge is 0.441 e. The van der Waals surface area contributed by atoms with E-state index >= 15 is 0 Å². The topological polar surface area (TPSA) is 3.24 Å². The highest BCUT2D eigenvalue weighted by molar-refractivity contribution is 9.09. The summed E-state index contributed by atoms with van der Waals surface area (Å²) in [6.45, 7) is -0.146. The minimum atomic E-state index is -4.29. The van der Waals surface area contributed by atoms with E-state index in [-0.39, 0.29) is 24.1 Å². The van der Waals surface area contributed by atoms with E-state index in [1.54, 1.807) is 0 Å². The summed E-state index contributed by atoms with van der Waals surface area (Å²) in [6, 6.07) is 0. The third-order valence-electron chi connectivity index (χ3n) is 1.47. The molecule has 0 aromatic heterocycles. The molecule has 0 aromatic carbocycles. The minimum Gasteiger partial charge on any atom is -0.296 e. The van der Waals surface area contributed by atoms with E-state index < -0.39 is 18.5 Å². The lowest BCUT2D eigenvalue weighted by molar-refractivity contribution is -0.0329. The average molecular weight is 316 g/mol. The van der Waals surface area contributed by atoms with Crippen LogP contribution in [0.25, 0.3) is 0 Å². The molecule has 0 aliphatic rings. The van der Waals surface area contributed by atoms with E-state index in [2.05, 4.69) is 15.9 Å². The summed E-state index contributed by atoms with van der Waals surface area (Å²) in [4.78, 5) is 1.30. The molecule has 0 amide bonds. The highest BCUT2D eigenvalue weighted by Gasteiger charge is 2.28. The Hall–Kier alpha value is 0.440. The van der Waals surface area contributed by atoms with Crippen LogP contribution in [0.4, 0.5) is 22.0 Å². The molecule has 1 nitrogen and oxygen atoms in total. The van der Waals surface area contributed by atoms with Gasteiger partial charge < -0.3 is 0 Å². The zero-order valence-electron chi connectivity index (χ0n) is 7.74. The van der Waals surface area contributed by atoms with Crippen LogP contribution >= 0.6 is 27.7 Å². The fourth-order valence-electron chi connectivity index (χ4n) is 0.900. The van der Waals surface area contributed by atoms with Gasteiger partial charge in [-0.05, 0) is 11.8 Å². The van der Waals surface area contributed by atoms with Crippen LogP contribution in [-0.2, 0) is 0 Å². The first-order chi connectivity index (χ1) is 6.85. The Bertz CT molecular complexity index is 166. The Balaban J connectivity index is 3.75. The van der Waals surface area contributed by atoms with Crippen molar-refractivity contribution in [3.05, 3.63) is 0 Å². The molecule has 0 unspecified atom stereocenters. The van der Waals surface area contributed by atoms with Gasteiger partial charge >= 0.3 is 5.51 Å². The number of thioether (sulfide) groups is 1. The molecule has 0 heterocycles. The lowest BCUT2D eigenvalue weighted by atomic mass is 10.5. The quantitative estimate of drug-likeness (QED) is 0.524. The average Bonchev–Trinajstić information content (AvgIpc) is 2.00. The van der Waals surface area contributed by atoms with Gasteiger partial charge in [-0.3, -0.25) is 4.90 Å². The molecule has 0 spiro atoms. The van der Waals surface area contributed by atoms with E-state index in [9.17, 15) is 22.0 Å². The highest BCUT2D eigenvalue weighted by Crippen LogP contribution is 2.29. The number of hydrogen-bond donors (Lipinski definition) is 0. The summed E-state index contributed by atoms with van der Waals surface area (Å²) in [5, 5.41) is 0.469. The zero-order valence-corrected chi connectivity index (χ0v) is 10.1. The van der Waals surface area contributed by atoms with Crippen LogP contribution in [0, 0.1) is 0 Å².